The third-order valence-electron chi connectivity index (χ3n) is 4.60. The average molecular weight is 479 g/mol. The molecule has 2 amide bonds. The molecule has 0 aromatic carbocycles. The molecule has 0 unspecified atom stereocenters. The van der Waals surface area contributed by atoms with Gasteiger partial charge in [-0.05, 0) is 64.3 Å². The summed E-state index contributed by atoms with van der Waals surface area (Å²) in [6, 6.07) is -0.707. The summed E-state index contributed by atoms with van der Waals surface area (Å²) in [5.74, 6) is -0.420. The Bertz CT molecular complexity index is 835. The van der Waals surface area contributed by atoms with Crippen LogP contribution in [0.5, 0.6) is 0 Å². The number of nitrogens with zero attached hydrogens (tertiary/aromatic N) is 1. The maximum atomic E-state index is 13.6. The second-order valence-electron chi connectivity index (χ2n) is 8.70. The number of alkyl halides is 1. The highest BCUT2D eigenvalue weighted by Gasteiger charge is 2.34. The standard InChI is InChI=1S/C26H36ClFN2O3/c1-6-7-9-14-21(27)18-20(2)13-12-15-22(19-28)29-24(31)23-16-10-8-11-17-30(23)25(32)33-26(3,4)5/h6-7,9,12-15,18,23H,2,8,10-11,16-17,19H2,1,3-5H3,(H,29,31)/b7-6-,13-12-,14-9-,21-18-,22-15+/t23-/m0/s1. The molecular weight excluding hydrogens is 443 g/mol. The number of rotatable bonds is 8. The van der Waals surface area contributed by atoms with Gasteiger partial charge >= 0.3 is 6.09 Å². The van der Waals surface area contributed by atoms with Crippen molar-refractivity contribution in [2.45, 2.75) is 65.0 Å². The van der Waals surface area contributed by atoms with Crippen molar-refractivity contribution < 1.29 is 18.7 Å². The average Bonchev–Trinajstić information content (AvgIpc) is 2.98. The number of ether oxygens (including phenoxy) is 1. The van der Waals surface area contributed by atoms with Crippen LogP contribution in [-0.4, -0.2) is 41.8 Å². The predicted octanol–water partition coefficient (Wildman–Crippen LogP) is 6.50. The first kappa shape index (κ1) is 28.4. The van der Waals surface area contributed by atoms with Crippen LogP contribution in [0.2, 0.25) is 0 Å². The van der Waals surface area contributed by atoms with Crippen LogP contribution < -0.4 is 5.32 Å². The number of carbonyl (C=O) groups excluding carboxylic acids is 2. The van der Waals surface area contributed by atoms with Crippen molar-refractivity contribution in [1.82, 2.24) is 10.2 Å². The topological polar surface area (TPSA) is 58.6 Å². The van der Waals surface area contributed by atoms with Crippen molar-refractivity contribution in [3.05, 3.63) is 71.5 Å². The largest absolute Gasteiger partial charge is 0.444 e. The molecule has 5 nitrogen and oxygen atoms in total. The highest BCUT2D eigenvalue weighted by atomic mass is 35.5. The Balaban J connectivity index is 2.86. The minimum atomic E-state index is -0.857. The van der Waals surface area contributed by atoms with Gasteiger partial charge in [0.25, 0.3) is 0 Å². The molecule has 1 saturated heterocycles. The normalized spacial score (nSPS) is 18.7. The number of halogens is 2. The van der Waals surface area contributed by atoms with Gasteiger partial charge in [-0.3, -0.25) is 9.69 Å². The van der Waals surface area contributed by atoms with Gasteiger partial charge < -0.3 is 10.1 Å². The first-order chi connectivity index (χ1) is 15.6. The third kappa shape index (κ3) is 11.7. The summed E-state index contributed by atoms with van der Waals surface area (Å²) in [5, 5.41) is 3.12. The van der Waals surface area contributed by atoms with Gasteiger partial charge in [0.15, 0.2) is 0 Å². The van der Waals surface area contributed by atoms with Crippen molar-refractivity contribution in [3.63, 3.8) is 0 Å². The van der Waals surface area contributed by atoms with Crippen LogP contribution in [0.1, 0.15) is 53.4 Å². The van der Waals surface area contributed by atoms with Crippen molar-refractivity contribution in [2.75, 3.05) is 13.2 Å². The fourth-order valence-corrected chi connectivity index (χ4v) is 3.31. The van der Waals surface area contributed by atoms with Gasteiger partial charge in [0.05, 0.1) is 0 Å². The Morgan fingerprint density at radius 1 is 1.18 bits per heavy atom. The van der Waals surface area contributed by atoms with Gasteiger partial charge in [-0.2, -0.15) is 0 Å². The van der Waals surface area contributed by atoms with Gasteiger partial charge in [0.2, 0.25) is 5.91 Å². The van der Waals surface area contributed by atoms with E-state index >= 15 is 0 Å². The minimum Gasteiger partial charge on any atom is -0.444 e. The summed E-state index contributed by atoms with van der Waals surface area (Å²) in [7, 11) is 0. The molecule has 1 N–H and O–H groups in total. The summed E-state index contributed by atoms with van der Waals surface area (Å²) in [4.78, 5) is 27.0. The van der Waals surface area contributed by atoms with Gasteiger partial charge in [-0.1, -0.05) is 61.4 Å². The molecule has 182 valence electrons. The van der Waals surface area contributed by atoms with Gasteiger partial charge in [0.1, 0.15) is 18.3 Å². The van der Waals surface area contributed by atoms with Crippen molar-refractivity contribution in [2.24, 2.45) is 0 Å². The molecule has 0 radical (unpaired) electrons. The predicted molar refractivity (Wildman–Crippen MR) is 134 cm³/mol. The van der Waals surface area contributed by atoms with Crippen molar-refractivity contribution >= 4 is 23.6 Å². The number of allylic oxidation sites excluding steroid dienone is 11. The molecular formula is C26H36ClFN2O3. The molecule has 0 aliphatic carbocycles. The summed E-state index contributed by atoms with van der Waals surface area (Å²) in [6.07, 6.45) is 16.1. The van der Waals surface area contributed by atoms with E-state index in [-0.39, 0.29) is 5.70 Å². The molecule has 1 atom stereocenters. The highest BCUT2D eigenvalue weighted by molar-refractivity contribution is 6.31. The molecule has 0 bridgehead atoms. The fourth-order valence-electron chi connectivity index (χ4n) is 3.10. The number of likely N-dealkylation sites (tertiary alicyclic amines) is 1. The van der Waals surface area contributed by atoms with Crippen molar-refractivity contribution in [3.8, 4) is 0 Å². The zero-order chi connectivity index (χ0) is 24.9. The molecule has 0 spiro atoms. The van der Waals surface area contributed by atoms with E-state index in [0.717, 1.165) is 19.3 Å². The molecule has 0 aromatic rings. The Morgan fingerprint density at radius 3 is 2.55 bits per heavy atom. The monoisotopic (exact) mass is 478 g/mol. The van der Waals surface area contributed by atoms with Crippen LogP contribution in [0.15, 0.2) is 71.5 Å². The van der Waals surface area contributed by atoms with E-state index in [9.17, 15) is 14.0 Å². The second-order valence-corrected chi connectivity index (χ2v) is 9.14. The Morgan fingerprint density at radius 2 is 1.91 bits per heavy atom. The lowest BCUT2D eigenvalue weighted by molar-refractivity contribution is -0.125. The Hall–Kier alpha value is -2.60. The van der Waals surface area contributed by atoms with E-state index in [1.807, 2.05) is 19.1 Å². The fraction of sp³-hybridized carbons (Fsp3) is 0.462. The minimum absolute atomic E-state index is 0.0977. The molecule has 1 aliphatic rings. The molecule has 1 heterocycles. The molecule has 0 aromatic heterocycles. The van der Waals surface area contributed by atoms with Crippen LogP contribution in [0.3, 0.4) is 0 Å². The first-order valence-corrected chi connectivity index (χ1v) is 11.5. The number of hydrogen-bond acceptors (Lipinski definition) is 3. The van der Waals surface area contributed by atoms with E-state index in [1.165, 1.54) is 11.0 Å². The van der Waals surface area contributed by atoms with E-state index in [0.29, 0.717) is 23.6 Å². The molecule has 7 heteroatoms. The summed E-state index contributed by atoms with van der Waals surface area (Å²) >= 11 is 6.10. The van der Waals surface area contributed by atoms with Crippen LogP contribution >= 0.6 is 11.6 Å². The maximum Gasteiger partial charge on any atom is 0.410 e. The number of nitrogens with one attached hydrogen (secondary N) is 1. The second kappa shape index (κ2) is 14.5. The molecule has 33 heavy (non-hydrogen) atoms. The SMILES string of the molecule is C=C(/C=C\C=C(/CF)NC(=O)[C@@H]1CCCCCN1C(=O)OC(C)(C)C)/C=C(Cl)/C=C\C=C/C. The molecule has 0 saturated carbocycles. The van der Waals surface area contributed by atoms with Crippen LogP contribution in [0, 0.1) is 0 Å². The summed E-state index contributed by atoms with van der Waals surface area (Å²) in [5.41, 5.74) is 0.0489. The zero-order valence-corrected chi connectivity index (χ0v) is 20.8. The number of hydrogen-bond donors (Lipinski definition) is 1. The molecule has 1 rings (SSSR count). The van der Waals surface area contributed by atoms with Crippen LogP contribution in [-0.2, 0) is 9.53 Å². The highest BCUT2D eigenvalue weighted by Crippen LogP contribution is 2.20. The van der Waals surface area contributed by atoms with Crippen LogP contribution in [0.25, 0.3) is 0 Å². The Kier molecular flexibility index (Phi) is 12.5. The molecule has 1 aliphatic heterocycles. The number of carbonyl (C=O) groups is 2. The lowest BCUT2D eigenvalue weighted by Gasteiger charge is -2.31. The Labute approximate surface area is 202 Å². The molecule has 1 fully saturated rings. The quantitative estimate of drug-likeness (QED) is 0.405. The maximum absolute atomic E-state index is 13.6. The van der Waals surface area contributed by atoms with E-state index in [1.54, 1.807) is 51.2 Å². The van der Waals surface area contributed by atoms with Gasteiger partial charge in [0, 0.05) is 17.3 Å². The van der Waals surface area contributed by atoms with Gasteiger partial charge in [-0.15, -0.1) is 0 Å². The lowest BCUT2D eigenvalue weighted by atomic mass is 10.1. The van der Waals surface area contributed by atoms with E-state index in [2.05, 4.69) is 11.9 Å². The first-order valence-electron chi connectivity index (χ1n) is 11.2. The zero-order valence-electron chi connectivity index (χ0n) is 20.1. The third-order valence-corrected chi connectivity index (χ3v) is 4.84. The summed E-state index contributed by atoms with van der Waals surface area (Å²) < 4.78 is 19.0. The van der Waals surface area contributed by atoms with Gasteiger partial charge in [-0.25, -0.2) is 9.18 Å². The smallest absolute Gasteiger partial charge is 0.410 e. The lowest BCUT2D eigenvalue weighted by Crippen LogP contribution is -2.50. The summed E-state index contributed by atoms with van der Waals surface area (Å²) in [6.45, 7) is 10.7. The van der Waals surface area contributed by atoms with E-state index < -0.39 is 30.3 Å². The van der Waals surface area contributed by atoms with E-state index in [4.69, 9.17) is 16.3 Å². The van der Waals surface area contributed by atoms with Crippen molar-refractivity contribution in [1.29, 1.82) is 0 Å². The van der Waals surface area contributed by atoms with Crippen LogP contribution in [0.4, 0.5) is 9.18 Å². The number of amides is 2.